The second kappa shape index (κ2) is 11.4. The van der Waals surface area contributed by atoms with Gasteiger partial charge in [0, 0.05) is 0 Å². The highest BCUT2D eigenvalue weighted by molar-refractivity contribution is 5.90. The van der Waals surface area contributed by atoms with Gasteiger partial charge in [-0.15, -0.1) is 0 Å². The van der Waals surface area contributed by atoms with E-state index in [0.717, 1.165) is 5.75 Å². The van der Waals surface area contributed by atoms with Crippen molar-refractivity contribution in [3.05, 3.63) is 48.0 Å². The lowest BCUT2D eigenvalue weighted by atomic mass is 10.2. The van der Waals surface area contributed by atoms with Crippen molar-refractivity contribution in [2.45, 2.75) is 6.92 Å². The van der Waals surface area contributed by atoms with E-state index in [1.807, 2.05) is 19.1 Å². The number of esters is 1. The predicted octanol–water partition coefficient (Wildman–Crippen LogP) is 2.45. The largest absolute Gasteiger partial charge is 0.494 e. The van der Waals surface area contributed by atoms with Crippen LogP contribution in [0.25, 0.3) is 0 Å². The Balaban J connectivity index is 1.73. The molecule has 0 aliphatic rings. The van der Waals surface area contributed by atoms with E-state index in [1.165, 1.54) is 26.4 Å². The number of carbonyl (C=O) groups is 2. The molecule has 0 aromatic heterocycles. The van der Waals surface area contributed by atoms with Crippen LogP contribution in [0.3, 0.4) is 0 Å². The van der Waals surface area contributed by atoms with Crippen molar-refractivity contribution in [3.8, 4) is 23.0 Å². The number of hydrogen-bond acceptors (Lipinski definition) is 7. The number of rotatable bonds is 11. The Labute approximate surface area is 169 Å². The van der Waals surface area contributed by atoms with Crippen molar-refractivity contribution < 1.29 is 33.3 Å². The molecule has 0 radical (unpaired) electrons. The van der Waals surface area contributed by atoms with E-state index in [1.54, 1.807) is 18.2 Å². The highest BCUT2D eigenvalue weighted by Crippen LogP contribution is 2.28. The van der Waals surface area contributed by atoms with E-state index in [-0.39, 0.29) is 12.5 Å². The fraction of sp³-hybridized carbons (Fsp3) is 0.333. The number of nitrogens with one attached hydrogen (secondary N) is 1. The van der Waals surface area contributed by atoms with Crippen molar-refractivity contribution in [2.75, 3.05) is 40.6 Å². The lowest BCUT2D eigenvalue weighted by Crippen LogP contribution is -2.32. The van der Waals surface area contributed by atoms with E-state index in [9.17, 15) is 9.59 Å². The maximum absolute atomic E-state index is 11.9. The summed E-state index contributed by atoms with van der Waals surface area (Å²) in [7, 11) is 2.74. The van der Waals surface area contributed by atoms with Crippen LogP contribution in [0.2, 0.25) is 0 Å². The van der Waals surface area contributed by atoms with Crippen LogP contribution in [0.15, 0.2) is 42.5 Å². The molecule has 156 valence electrons. The molecule has 0 bridgehead atoms. The third-order valence-electron chi connectivity index (χ3n) is 3.77. The van der Waals surface area contributed by atoms with E-state index in [2.05, 4.69) is 10.1 Å². The normalized spacial score (nSPS) is 10.0. The number of carbonyl (C=O) groups excluding carboxylic acids is 2. The number of ether oxygens (including phenoxy) is 5. The average molecular weight is 403 g/mol. The first kappa shape index (κ1) is 21.9. The quantitative estimate of drug-likeness (QED) is 0.455. The smallest absolute Gasteiger partial charge is 0.337 e. The third-order valence-corrected chi connectivity index (χ3v) is 3.77. The summed E-state index contributed by atoms with van der Waals surface area (Å²) in [6.07, 6.45) is 0. The Morgan fingerprint density at radius 3 is 2.21 bits per heavy atom. The molecule has 0 saturated carbocycles. The van der Waals surface area contributed by atoms with Gasteiger partial charge in [0.25, 0.3) is 5.91 Å². The standard InChI is InChI=1S/C21H25NO7/c1-4-27-16-6-8-17(9-7-16)28-12-11-22-20(23)14-29-18-10-5-15(21(24)26-3)13-19(18)25-2/h5-10,13H,4,11-12,14H2,1-3H3,(H,22,23). The van der Waals surface area contributed by atoms with Gasteiger partial charge in [0.05, 0.1) is 32.9 Å². The fourth-order valence-corrected chi connectivity index (χ4v) is 2.38. The molecule has 29 heavy (non-hydrogen) atoms. The van der Waals surface area contributed by atoms with Crippen LogP contribution in [-0.4, -0.2) is 52.5 Å². The highest BCUT2D eigenvalue weighted by atomic mass is 16.5. The maximum atomic E-state index is 11.9. The van der Waals surface area contributed by atoms with Crippen LogP contribution >= 0.6 is 0 Å². The minimum Gasteiger partial charge on any atom is -0.494 e. The van der Waals surface area contributed by atoms with Gasteiger partial charge in [-0.2, -0.15) is 0 Å². The van der Waals surface area contributed by atoms with E-state index < -0.39 is 5.97 Å². The van der Waals surface area contributed by atoms with Gasteiger partial charge in [-0.1, -0.05) is 0 Å². The number of amides is 1. The molecule has 0 aliphatic heterocycles. The summed E-state index contributed by atoms with van der Waals surface area (Å²) in [6, 6.07) is 11.8. The Bertz CT molecular complexity index is 805. The van der Waals surface area contributed by atoms with Crippen LogP contribution < -0.4 is 24.3 Å². The zero-order valence-electron chi connectivity index (χ0n) is 16.7. The van der Waals surface area contributed by atoms with Gasteiger partial charge in [-0.05, 0) is 49.4 Å². The molecule has 2 rings (SSSR count). The van der Waals surface area contributed by atoms with E-state index in [0.29, 0.717) is 42.6 Å². The summed E-state index contributed by atoms with van der Waals surface area (Å²) in [5.41, 5.74) is 0.326. The molecule has 1 N–H and O–H groups in total. The first-order valence-corrected chi connectivity index (χ1v) is 9.09. The lowest BCUT2D eigenvalue weighted by Gasteiger charge is -2.12. The molecular weight excluding hydrogens is 378 g/mol. The molecule has 0 aliphatic carbocycles. The summed E-state index contributed by atoms with van der Waals surface area (Å²) in [4.78, 5) is 23.5. The Morgan fingerprint density at radius 1 is 0.897 bits per heavy atom. The van der Waals surface area contributed by atoms with Crippen LogP contribution in [0.4, 0.5) is 0 Å². The predicted molar refractivity (Wildman–Crippen MR) is 106 cm³/mol. The number of methoxy groups -OCH3 is 2. The summed E-state index contributed by atoms with van der Waals surface area (Å²) >= 11 is 0. The van der Waals surface area contributed by atoms with Gasteiger partial charge in [0.2, 0.25) is 0 Å². The monoisotopic (exact) mass is 403 g/mol. The molecule has 0 unspecified atom stereocenters. The van der Waals surface area contributed by atoms with E-state index in [4.69, 9.17) is 18.9 Å². The molecule has 0 saturated heterocycles. The van der Waals surface area contributed by atoms with Gasteiger partial charge in [0.15, 0.2) is 18.1 Å². The SMILES string of the molecule is CCOc1ccc(OCCNC(=O)COc2ccc(C(=O)OC)cc2OC)cc1. The molecule has 0 spiro atoms. The zero-order valence-corrected chi connectivity index (χ0v) is 16.7. The second-order valence-electron chi connectivity index (χ2n) is 5.75. The van der Waals surface area contributed by atoms with Crippen molar-refractivity contribution in [2.24, 2.45) is 0 Å². The van der Waals surface area contributed by atoms with Crippen molar-refractivity contribution in [3.63, 3.8) is 0 Å². The van der Waals surface area contributed by atoms with Crippen molar-refractivity contribution >= 4 is 11.9 Å². The number of benzene rings is 2. The Kier molecular flexibility index (Phi) is 8.62. The summed E-state index contributed by atoms with van der Waals surface area (Å²) in [5.74, 6) is 1.36. The minimum absolute atomic E-state index is 0.197. The van der Waals surface area contributed by atoms with Gasteiger partial charge in [0.1, 0.15) is 18.1 Å². The molecule has 8 nitrogen and oxygen atoms in total. The Hall–Kier alpha value is -3.42. The summed E-state index contributed by atoms with van der Waals surface area (Å²) < 4.78 is 26.2. The molecular formula is C21H25NO7. The molecule has 2 aromatic rings. The highest BCUT2D eigenvalue weighted by Gasteiger charge is 2.12. The minimum atomic E-state index is -0.486. The maximum Gasteiger partial charge on any atom is 0.337 e. The van der Waals surface area contributed by atoms with Crippen LogP contribution in [-0.2, 0) is 9.53 Å². The summed E-state index contributed by atoms with van der Waals surface area (Å²) in [5, 5.41) is 2.70. The van der Waals surface area contributed by atoms with Gasteiger partial charge in [-0.25, -0.2) is 4.79 Å². The van der Waals surface area contributed by atoms with Crippen LogP contribution in [0, 0.1) is 0 Å². The third kappa shape index (κ3) is 6.91. The first-order valence-electron chi connectivity index (χ1n) is 9.09. The second-order valence-corrected chi connectivity index (χ2v) is 5.75. The van der Waals surface area contributed by atoms with E-state index >= 15 is 0 Å². The number of hydrogen-bond donors (Lipinski definition) is 1. The molecule has 8 heteroatoms. The average Bonchev–Trinajstić information content (AvgIpc) is 2.75. The van der Waals surface area contributed by atoms with Crippen molar-refractivity contribution in [1.29, 1.82) is 0 Å². The van der Waals surface area contributed by atoms with Gasteiger partial charge < -0.3 is 29.0 Å². The molecule has 0 atom stereocenters. The Morgan fingerprint density at radius 2 is 1.59 bits per heavy atom. The van der Waals surface area contributed by atoms with Crippen LogP contribution in [0.1, 0.15) is 17.3 Å². The molecule has 2 aromatic carbocycles. The van der Waals surface area contributed by atoms with Gasteiger partial charge >= 0.3 is 5.97 Å². The lowest BCUT2D eigenvalue weighted by molar-refractivity contribution is -0.123. The first-order chi connectivity index (χ1) is 14.1. The van der Waals surface area contributed by atoms with Crippen molar-refractivity contribution in [1.82, 2.24) is 5.32 Å². The van der Waals surface area contributed by atoms with Crippen LogP contribution in [0.5, 0.6) is 23.0 Å². The molecule has 1 amide bonds. The summed E-state index contributed by atoms with van der Waals surface area (Å²) in [6.45, 7) is 2.97. The fourth-order valence-electron chi connectivity index (χ4n) is 2.38. The molecule has 0 heterocycles. The molecule has 0 fully saturated rings. The topological polar surface area (TPSA) is 92.3 Å². The van der Waals surface area contributed by atoms with Gasteiger partial charge in [-0.3, -0.25) is 4.79 Å². The zero-order chi connectivity index (χ0) is 21.1.